The first kappa shape index (κ1) is 14.8. The van der Waals surface area contributed by atoms with E-state index in [2.05, 4.69) is 14.9 Å². The quantitative estimate of drug-likeness (QED) is 0.598. The number of aromatic nitrogens is 2. The van der Waals surface area contributed by atoms with Gasteiger partial charge in [0, 0.05) is 13.1 Å². The van der Waals surface area contributed by atoms with Crippen molar-refractivity contribution in [1.82, 2.24) is 14.9 Å². The summed E-state index contributed by atoms with van der Waals surface area (Å²) in [5.74, 6) is 2.31. The van der Waals surface area contributed by atoms with E-state index < -0.39 is 0 Å². The number of aryl methyl sites for hydroxylation is 2. The first-order valence-corrected chi connectivity index (χ1v) is 8.99. The standard InChI is InChI=1S/C16H23N3OS/c1-10-14(15(21-3)18-11(2)17-10)16(20)19(8-12-4-5-12)9-13-6-7-13/h12-13H,4-9H2,1-3H3. The van der Waals surface area contributed by atoms with E-state index in [1.165, 1.54) is 37.4 Å². The average Bonchev–Trinajstić information content (AvgIpc) is 3.31. The Kier molecular flexibility index (Phi) is 4.20. The Bertz CT molecular complexity index is 539. The maximum atomic E-state index is 13.0. The minimum Gasteiger partial charge on any atom is -0.338 e. The van der Waals surface area contributed by atoms with Crippen molar-refractivity contribution in [3.8, 4) is 0 Å². The molecule has 1 amide bonds. The van der Waals surface area contributed by atoms with E-state index in [9.17, 15) is 4.79 Å². The molecule has 0 atom stereocenters. The zero-order chi connectivity index (χ0) is 15.0. The van der Waals surface area contributed by atoms with Crippen LogP contribution in [0.25, 0.3) is 0 Å². The van der Waals surface area contributed by atoms with Crippen molar-refractivity contribution in [2.45, 2.75) is 44.6 Å². The summed E-state index contributed by atoms with van der Waals surface area (Å²) in [7, 11) is 0. The zero-order valence-electron chi connectivity index (χ0n) is 13.1. The van der Waals surface area contributed by atoms with E-state index in [1.807, 2.05) is 20.1 Å². The Hall–Kier alpha value is -1.10. The predicted octanol–water partition coefficient (Wildman–Crippen LogP) is 3.08. The second-order valence-electron chi connectivity index (χ2n) is 6.34. The molecule has 3 rings (SSSR count). The lowest BCUT2D eigenvalue weighted by Crippen LogP contribution is -2.35. The molecule has 2 aliphatic rings. The molecule has 0 spiro atoms. The van der Waals surface area contributed by atoms with Gasteiger partial charge in [-0.1, -0.05) is 0 Å². The number of hydrogen-bond donors (Lipinski definition) is 0. The molecule has 0 aliphatic heterocycles. The molecule has 0 bridgehead atoms. The summed E-state index contributed by atoms with van der Waals surface area (Å²) in [4.78, 5) is 23.9. The maximum Gasteiger partial charge on any atom is 0.258 e. The Morgan fingerprint density at radius 1 is 1.14 bits per heavy atom. The van der Waals surface area contributed by atoms with Gasteiger partial charge in [-0.15, -0.1) is 11.8 Å². The van der Waals surface area contributed by atoms with Crippen LogP contribution in [0.1, 0.15) is 47.6 Å². The van der Waals surface area contributed by atoms with Gasteiger partial charge in [0.05, 0.1) is 11.3 Å². The molecule has 0 saturated heterocycles. The molecule has 2 fully saturated rings. The smallest absolute Gasteiger partial charge is 0.258 e. The number of rotatable bonds is 6. The van der Waals surface area contributed by atoms with Crippen LogP contribution in [0.3, 0.4) is 0 Å². The third-order valence-corrected chi connectivity index (χ3v) is 4.90. The lowest BCUT2D eigenvalue weighted by Gasteiger charge is -2.24. The first-order valence-electron chi connectivity index (χ1n) is 7.77. The number of hydrogen-bond acceptors (Lipinski definition) is 4. The van der Waals surface area contributed by atoms with E-state index >= 15 is 0 Å². The van der Waals surface area contributed by atoms with Gasteiger partial charge < -0.3 is 4.90 Å². The Morgan fingerprint density at radius 3 is 2.19 bits per heavy atom. The minimum atomic E-state index is 0.135. The molecule has 114 valence electrons. The highest BCUT2D eigenvalue weighted by Gasteiger charge is 2.33. The number of amides is 1. The lowest BCUT2D eigenvalue weighted by atomic mass is 10.2. The van der Waals surface area contributed by atoms with Gasteiger partial charge >= 0.3 is 0 Å². The van der Waals surface area contributed by atoms with Crippen LogP contribution >= 0.6 is 11.8 Å². The SMILES string of the molecule is CSc1nc(C)nc(C)c1C(=O)N(CC1CC1)CC1CC1. The number of carbonyl (C=O) groups is 1. The summed E-state index contributed by atoms with van der Waals surface area (Å²) in [6.45, 7) is 5.63. The maximum absolute atomic E-state index is 13.0. The fourth-order valence-electron chi connectivity index (χ4n) is 2.70. The molecule has 5 heteroatoms. The Labute approximate surface area is 130 Å². The van der Waals surface area contributed by atoms with Crippen molar-refractivity contribution in [1.29, 1.82) is 0 Å². The lowest BCUT2D eigenvalue weighted by molar-refractivity contribution is 0.0733. The van der Waals surface area contributed by atoms with Crippen LogP contribution < -0.4 is 0 Å². The molecule has 0 aromatic carbocycles. The number of nitrogens with zero attached hydrogens (tertiary/aromatic N) is 3. The van der Waals surface area contributed by atoms with Crippen molar-refractivity contribution in [3.05, 3.63) is 17.1 Å². The van der Waals surface area contributed by atoms with Crippen molar-refractivity contribution < 1.29 is 4.79 Å². The molecule has 1 heterocycles. The Morgan fingerprint density at radius 2 is 1.71 bits per heavy atom. The fraction of sp³-hybridized carbons (Fsp3) is 0.688. The molecule has 0 unspecified atom stereocenters. The van der Waals surface area contributed by atoms with E-state index in [-0.39, 0.29) is 5.91 Å². The predicted molar refractivity (Wildman–Crippen MR) is 84.6 cm³/mol. The molecule has 1 aromatic rings. The third kappa shape index (κ3) is 3.57. The molecule has 2 aliphatic carbocycles. The molecular formula is C16H23N3OS. The van der Waals surface area contributed by atoms with Gasteiger partial charge in [0.15, 0.2) is 0 Å². The molecule has 2 saturated carbocycles. The minimum absolute atomic E-state index is 0.135. The van der Waals surface area contributed by atoms with Gasteiger partial charge in [-0.3, -0.25) is 4.79 Å². The summed E-state index contributed by atoms with van der Waals surface area (Å²) >= 11 is 1.54. The average molecular weight is 305 g/mol. The van der Waals surface area contributed by atoms with E-state index in [0.717, 1.165) is 47.0 Å². The van der Waals surface area contributed by atoms with Gasteiger partial charge in [-0.05, 0) is 57.6 Å². The highest BCUT2D eigenvalue weighted by atomic mass is 32.2. The molecule has 21 heavy (non-hydrogen) atoms. The fourth-order valence-corrected chi connectivity index (χ4v) is 3.36. The Balaban J connectivity index is 1.86. The largest absolute Gasteiger partial charge is 0.338 e. The van der Waals surface area contributed by atoms with Gasteiger partial charge in [0.2, 0.25) is 0 Å². The van der Waals surface area contributed by atoms with Crippen molar-refractivity contribution in [2.24, 2.45) is 11.8 Å². The molecule has 0 N–H and O–H groups in total. The second-order valence-corrected chi connectivity index (χ2v) is 7.13. The van der Waals surface area contributed by atoms with Crippen LogP contribution in [0.15, 0.2) is 5.03 Å². The topological polar surface area (TPSA) is 46.1 Å². The van der Waals surface area contributed by atoms with Crippen molar-refractivity contribution in [2.75, 3.05) is 19.3 Å². The van der Waals surface area contributed by atoms with Crippen LogP contribution in [-0.2, 0) is 0 Å². The monoisotopic (exact) mass is 305 g/mol. The van der Waals surface area contributed by atoms with Crippen LogP contribution in [-0.4, -0.2) is 40.1 Å². The molecule has 1 aromatic heterocycles. The van der Waals surface area contributed by atoms with Crippen LogP contribution in [0.5, 0.6) is 0 Å². The first-order chi connectivity index (χ1) is 10.1. The highest BCUT2D eigenvalue weighted by molar-refractivity contribution is 7.98. The third-order valence-electron chi connectivity index (χ3n) is 4.21. The summed E-state index contributed by atoms with van der Waals surface area (Å²) in [6, 6.07) is 0. The van der Waals surface area contributed by atoms with Gasteiger partial charge in [0.1, 0.15) is 10.9 Å². The summed E-state index contributed by atoms with van der Waals surface area (Å²) < 4.78 is 0. The van der Waals surface area contributed by atoms with Gasteiger partial charge in [-0.25, -0.2) is 9.97 Å². The van der Waals surface area contributed by atoms with Gasteiger partial charge in [-0.2, -0.15) is 0 Å². The van der Waals surface area contributed by atoms with Crippen LogP contribution in [0.2, 0.25) is 0 Å². The van der Waals surface area contributed by atoms with Crippen molar-refractivity contribution in [3.63, 3.8) is 0 Å². The van der Waals surface area contributed by atoms with E-state index in [0.29, 0.717) is 0 Å². The molecule has 0 radical (unpaired) electrons. The van der Waals surface area contributed by atoms with Crippen molar-refractivity contribution >= 4 is 17.7 Å². The highest BCUT2D eigenvalue weighted by Crippen LogP contribution is 2.35. The van der Waals surface area contributed by atoms with E-state index in [1.54, 1.807) is 0 Å². The van der Waals surface area contributed by atoms with Crippen LogP contribution in [0, 0.1) is 25.7 Å². The molecule has 4 nitrogen and oxygen atoms in total. The summed E-state index contributed by atoms with van der Waals surface area (Å²) in [5, 5.41) is 0.821. The zero-order valence-corrected chi connectivity index (χ0v) is 13.9. The van der Waals surface area contributed by atoms with E-state index in [4.69, 9.17) is 0 Å². The number of carbonyl (C=O) groups excluding carboxylic acids is 1. The van der Waals surface area contributed by atoms with Crippen LogP contribution in [0.4, 0.5) is 0 Å². The summed E-state index contributed by atoms with van der Waals surface area (Å²) in [6.07, 6.45) is 7.06. The normalized spacial score (nSPS) is 17.9. The second kappa shape index (κ2) is 5.95. The molecular weight excluding hydrogens is 282 g/mol. The number of thioether (sulfide) groups is 1. The summed E-state index contributed by atoms with van der Waals surface area (Å²) in [5.41, 5.74) is 1.53. The van der Waals surface area contributed by atoms with Gasteiger partial charge in [0.25, 0.3) is 5.91 Å².